The first-order valence-electron chi connectivity index (χ1n) is 6.74. The summed E-state index contributed by atoms with van der Waals surface area (Å²) in [4.78, 5) is 0. The predicted molar refractivity (Wildman–Crippen MR) is 69.7 cm³/mol. The quantitative estimate of drug-likeness (QED) is 0.859. The third-order valence-electron chi connectivity index (χ3n) is 4.08. The average Bonchev–Trinajstić information content (AvgIpc) is 2.33. The molecule has 1 nitrogen and oxygen atoms in total. The molecule has 1 aliphatic rings. The molecule has 0 aromatic heterocycles. The lowest BCUT2D eigenvalue weighted by Crippen LogP contribution is -2.45. The summed E-state index contributed by atoms with van der Waals surface area (Å²) in [5.41, 5.74) is 6.10. The summed E-state index contributed by atoms with van der Waals surface area (Å²) in [5.74, 6) is 0.679. The van der Waals surface area contributed by atoms with E-state index in [2.05, 4.69) is 6.92 Å². The van der Waals surface area contributed by atoms with Crippen LogP contribution in [-0.4, -0.2) is 5.54 Å². The van der Waals surface area contributed by atoms with Crippen LogP contribution in [0.25, 0.3) is 0 Å². The highest BCUT2D eigenvalue weighted by Gasteiger charge is 2.33. The van der Waals surface area contributed by atoms with E-state index in [0.29, 0.717) is 17.9 Å². The monoisotopic (exact) mass is 271 g/mol. The number of rotatable bonds is 2. The summed E-state index contributed by atoms with van der Waals surface area (Å²) in [5, 5.41) is 0. The summed E-state index contributed by atoms with van der Waals surface area (Å²) in [6.45, 7) is 2.20. The predicted octanol–water partition coefficient (Wildman–Crippen LogP) is 4.16. The molecule has 1 saturated carbocycles. The third kappa shape index (κ3) is 3.72. The van der Waals surface area contributed by atoms with Gasteiger partial charge in [0.1, 0.15) is 0 Å². The summed E-state index contributed by atoms with van der Waals surface area (Å²) >= 11 is 0. The fourth-order valence-corrected chi connectivity index (χ4v) is 2.78. The zero-order valence-electron chi connectivity index (χ0n) is 11.1. The Balaban J connectivity index is 2.11. The molecule has 1 aromatic rings. The van der Waals surface area contributed by atoms with Crippen molar-refractivity contribution in [2.24, 2.45) is 11.7 Å². The van der Waals surface area contributed by atoms with Gasteiger partial charge in [-0.05, 0) is 49.7 Å². The van der Waals surface area contributed by atoms with E-state index < -0.39 is 11.7 Å². The van der Waals surface area contributed by atoms with E-state index >= 15 is 0 Å². The molecule has 0 amide bonds. The van der Waals surface area contributed by atoms with Crippen LogP contribution in [0.1, 0.15) is 43.7 Å². The maximum absolute atomic E-state index is 12.7. The first-order valence-corrected chi connectivity index (χ1v) is 6.74. The molecule has 0 bridgehead atoms. The molecule has 106 valence electrons. The first kappa shape index (κ1) is 14.4. The Morgan fingerprint density at radius 2 is 1.89 bits per heavy atom. The van der Waals surface area contributed by atoms with E-state index in [1.165, 1.54) is 12.1 Å². The van der Waals surface area contributed by atoms with Gasteiger partial charge in [-0.15, -0.1) is 0 Å². The molecule has 2 rings (SSSR count). The molecule has 0 spiro atoms. The molecule has 1 aromatic carbocycles. The molecule has 1 fully saturated rings. The Hall–Kier alpha value is -1.03. The van der Waals surface area contributed by atoms with Crippen LogP contribution in [0.5, 0.6) is 0 Å². The number of hydrogen-bond donors (Lipinski definition) is 1. The van der Waals surface area contributed by atoms with Crippen LogP contribution in [-0.2, 0) is 12.6 Å². The number of hydrogen-bond acceptors (Lipinski definition) is 1. The zero-order valence-corrected chi connectivity index (χ0v) is 11.1. The Kier molecular flexibility index (Phi) is 3.90. The van der Waals surface area contributed by atoms with Crippen LogP contribution in [0.2, 0.25) is 0 Å². The molecule has 0 aliphatic heterocycles. The summed E-state index contributed by atoms with van der Waals surface area (Å²) in [6, 6.07) is 5.54. The van der Waals surface area contributed by atoms with Gasteiger partial charge < -0.3 is 5.73 Å². The second-order valence-corrected chi connectivity index (χ2v) is 5.92. The topological polar surface area (TPSA) is 26.0 Å². The van der Waals surface area contributed by atoms with Crippen molar-refractivity contribution in [3.05, 3.63) is 35.4 Å². The van der Waals surface area contributed by atoms with E-state index in [-0.39, 0.29) is 5.54 Å². The van der Waals surface area contributed by atoms with Gasteiger partial charge in [-0.3, -0.25) is 0 Å². The Labute approximate surface area is 112 Å². The number of alkyl halides is 3. The highest BCUT2D eigenvalue weighted by Crippen LogP contribution is 2.34. The minimum absolute atomic E-state index is 0.337. The van der Waals surface area contributed by atoms with Crippen LogP contribution < -0.4 is 5.73 Å². The van der Waals surface area contributed by atoms with Crippen LogP contribution in [0.15, 0.2) is 24.3 Å². The van der Waals surface area contributed by atoms with Crippen molar-refractivity contribution in [2.75, 3.05) is 0 Å². The van der Waals surface area contributed by atoms with Crippen molar-refractivity contribution in [1.29, 1.82) is 0 Å². The van der Waals surface area contributed by atoms with E-state index in [1.807, 2.05) is 0 Å². The summed E-state index contributed by atoms with van der Waals surface area (Å²) < 4.78 is 38.0. The van der Waals surface area contributed by atoms with Crippen molar-refractivity contribution in [1.82, 2.24) is 0 Å². The minimum Gasteiger partial charge on any atom is -0.325 e. The minimum atomic E-state index is -4.28. The van der Waals surface area contributed by atoms with Gasteiger partial charge >= 0.3 is 6.18 Å². The van der Waals surface area contributed by atoms with E-state index in [9.17, 15) is 13.2 Å². The molecular formula is C15H20F3N. The van der Waals surface area contributed by atoms with Crippen molar-refractivity contribution in [2.45, 2.75) is 50.7 Å². The van der Waals surface area contributed by atoms with E-state index in [0.717, 1.165) is 31.7 Å². The molecule has 2 N–H and O–H groups in total. The second kappa shape index (κ2) is 5.16. The van der Waals surface area contributed by atoms with Gasteiger partial charge in [0.2, 0.25) is 0 Å². The number of benzene rings is 1. The Bertz CT molecular complexity index is 431. The standard InChI is InChI=1S/C15H20F3N/c1-11-5-7-14(19,8-6-11)10-12-3-2-4-13(9-12)15(16,17)18/h2-4,9,11H,5-8,10,19H2,1H3. The van der Waals surface area contributed by atoms with Crippen molar-refractivity contribution < 1.29 is 13.2 Å². The molecule has 19 heavy (non-hydrogen) atoms. The smallest absolute Gasteiger partial charge is 0.325 e. The van der Waals surface area contributed by atoms with Crippen LogP contribution in [0.3, 0.4) is 0 Å². The SMILES string of the molecule is CC1CCC(N)(Cc2cccc(C(F)(F)F)c2)CC1. The number of nitrogens with two attached hydrogens (primary N) is 1. The molecular weight excluding hydrogens is 251 g/mol. The van der Waals surface area contributed by atoms with Gasteiger partial charge in [-0.25, -0.2) is 0 Å². The van der Waals surface area contributed by atoms with Gasteiger partial charge in [0.05, 0.1) is 5.56 Å². The maximum Gasteiger partial charge on any atom is 0.416 e. The molecule has 1 aliphatic carbocycles. The zero-order chi connectivity index (χ0) is 14.1. The van der Waals surface area contributed by atoms with Crippen LogP contribution in [0.4, 0.5) is 13.2 Å². The average molecular weight is 271 g/mol. The van der Waals surface area contributed by atoms with Gasteiger partial charge in [0.15, 0.2) is 0 Å². The third-order valence-corrected chi connectivity index (χ3v) is 4.08. The maximum atomic E-state index is 12.7. The fourth-order valence-electron chi connectivity index (χ4n) is 2.78. The van der Waals surface area contributed by atoms with Gasteiger partial charge in [0.25, 0.3) is 0 Å². The lowest BCUT2D eigenvalue weighted by atomic mass is 9.74. The Morgan fingerprint density at radius 1 is 1.26 bits per heavy atom. The molecule has 0 atom stereocenters. The summed E-state index contributed by atoms with van der Waals surface area (Å²) in [7, 11) is 0. The van der Waals surface area contributed by atoms with Crippen molar-refractivity contribution in [3.8, 4) is 0 Å². The first-order chi connectivity index (χ1) is 8.78. The normalized spacial score (nSPS) is 28.4. The van der Waals surface area contributed by atoms with Crippen molar-refractivity contribution >= 4 is 0 Å². The highest BCUT2D eigenvalue weighted by atomic mass is 19.4. The lowest BCUT2D eigenvalue weighted by Gasteiger charge is -2.36. The van der Waals surface area contributed by atoms with Crippen molar-refractivity contribution in [3.63, 3.8) is 0 Å². The molecule has 4 heteroatoms. The van der Waals surface area contributed by atoms with Gasteiger partial charge in [-0.2, -0.15) is 13.2 Å². The van der Waals surface area contributed by atoms with Crippen LogP contribution in [0, 0.1) is 5.92 Å². The molecule has 0 radical (unpaired) electrons. The molecule has 0 heterocycles. The van der Waals surface area contributed by atoms with Crippen LogP contribution >= 0.6 is 0 Å². The number of halogens is 3. The second-order valence-electron chi connectivity index (χ2n) is 5.92. The fraction of sp³-hybridized carbons (Fsp3) is 0.600. The van der Waals surface area contributed by atoms with E-state index in [4.69, 9.17) is 5.73 Å². The molecule has 0 saturated heterocycles. The summed E-state index contributed by atoms with van der Waals surface area (Å²) in [6.07, 6.45) is 0.169. The van der Waals surface area contributed by atoms with Gasteiger partial charge in [-0.1, -0.05) is 25.1 Å². The Morgan fingerprint density at radius 3 is 2.47 bits per heavy atom. The highest BCUT2D eigenvalue weighted by molar-refractivity contribution is 5.27. The lowest BCUT2D eigenvalue weighted by molar-refractivity contribution is -0.137. The van der Waals surface area contributed by atoms with E-state index in [1.54, 1.807) is 6.07 Å². The van der Waals surface area contributed by atoms with Gasteiger partial charge in [0, 0.05) is 5.54 Å². The molecule has 0 unspecified atom stereocenters. The largest absolute Gasteiger partial charge is 0.416 e.